The van der Waals surface area contributed by atoms with Crippen LogP contribution in [-0.4, -0.2) is 17.8 Å². The SMILES string of the molecule is [CH2]CC(CCl)NC(=O)C=C. The van der Waals surface area contributed by atoms with Crippen LogP contribution in [-0.2, 0) is 4.79 Å². The van der Waals surface area contributed by atoms with Gasteiger partial charge in [0.25, 0.3) is 0 Å². The van der Waals surface area contributed by atoms with E-state index in [2.05, 4.69) is 18.8 Å². The van der Waals surface area contributed by atoms with Crippen LogP contribution in [0.1, 0.15) is 6.42 Å². The molecule has 0 saturated carbocycles. The lowest BCUT2D eigenvalue weighted by Gasteiger charge is -2.10. The van der Waals surface area contributed by atoms with E-state index in [-0.39, 0.29) is 11.9 Å². The molecule has 1 unspecified atom stereocenters. The molecule has 1 atom stereocenters. The molecule has 0 aromatic carbocycles. The molecule has 0 aliphatic rings. The Morgan fingerprint density at radius 3 is 2.70 bits per heavy atom. The third kappa shape index (κ3) is 3.51. The molecule has 0 aromatic rings. The average Bonchev–Trinajstić information content (AvgIpc) is 1.99. The Hall–Kier alpha value is -0.500. The third-order valence-electron chi connectivity index (χ3n) is 1.07. The Kier molecular flexibility index (Phi) is 5.03. The van der Waals surface area contributed by atoms with Crippen molar-refractivity contribution in [2.75, 3.05) is 5.88 Å². The van der Waals surface area contributed by atoms with Crippen LogP contribution in [0.5, 0.6) is 0 Å². The largest absolute Gasteiger partial charge is 0.349 e. The summed E-state index contributed by atoms with van der Waals surface area (Å²) in [6.45, 7) is 6.92. The highest BCUT2D eigenvalue weighted by atomic mass is 35.5. The number of nitrogens with one attached hydrogen (secondary N) is 1. The summed E-state index contributed by atoms with van der Waals surface area (Å²) in [6, 6.07) is -0.0350. The average molecular weight is 161 g/mol. The maximum Gasteiger partial charge on any atom is 0.243 e. The number of carbonyl (C=O) groups is 1. The zero-order chi connectivity index (χ0) is 7.98. The molecule has 1 amide bonds. The summed E-state index contributed by atoms with van der Waals surface area (Å²) >= 11 is 5.48. The zero-order valence-corrected chi connectivity index (χ0v) is 6.53. The fourth-order valence-corrected chi connectivity index (χ4v) is 0.679. The van der Waals surface area contributed by atoms with Crippen molar-refractivity contribution in [1.82, 2.24) is 5.32 Å². The molecule has 0 aromatic heterocycles. The van der Waals surface area contributed by atoms with Crippen LogP contribution in [0, 0.1) is 6.92 Å². The van der Waals surface area contributed by atoms with Crippen molar-refractivity contribution in [3.8, 4) is 0 Å². The van der Waals surface area contributed by atoms with E-state index in [1.807, 2.05) is 0 Å². The summed E-state index contributed by atoms with van der Waals surface area (Å²) in [5, 5.41) is 2.61. The minimum atomic E-state index is -0.200. The van der Waals surface area contributed by atoms with E-state index in [1.54, 1.807) is 0 Å². The van der Waals surface area contributed by atoms with Gasteiger partial charge in [-0.3, -0.25) is 4.79 Å². The van der Waals surface area contributed by atoms with Crippen molar-refractivity contribution >= 4 is 17.5 Å². The molecule has 0 spiro atoms. The molecule has 2 nitrogen and oxygen atoms in total. The first-order valence-corrected chi connectivity index (χ1v) is 3.56. The smallest absolute Gasteiger partial charge is 0.243 e. The van der Waals surface area contributed by atoms with Crippen LogP contribution in [0.4, 0.5) is 0 Å². The molecule has 0 aliphatic carbocycles. The fourth-order valence-electron chi connectivity index (χ4n) is 0.448. The molecule has 3 heteroatoms. The van der Waals surface area contributed by atoms with Crippen molar-refractivity contribution in [3.05, 3.63) is 19.6 Å². The monoisotopic (exact) mass is 160 g/mol. The van der Waals surface area contributed by atoms with Gasteiger partial charge in [-0.15, -0.1) is 11.6 Å². The quantitative estimate of drug-likeness (QED) is 0.485. The number of halogens is 1. The lowest BCUT2D eigenvalue weighted by molar-refractivity contribution is -0.117. The van der Waals surface area contributed by atoms with E-state index in [4.69, 9.17) is 11.6 Å². The molecule has 0 bridgehead atoms. The number of alkyl halides is 1. The lowest BCUT2D eigenvalue weighted by Crippen LogP contribution is -2.34. The molecule has 57 valence electrons. The maximum atomic E-state index is 10.6. The van der Waals surface area contributed by atoms with Crippen LogP contribution in [0.25, 0.3) is 0 Å². The highest BCUT2D eigenvalue weighted by molar-refractivity contribution is 6.18. The highest BCUT2D eigenvalue weighted by Crippen LogP contribution is 1.92. The van der Waals surface area contributed by atoms with Gasteiger partial charge in [-0.1, -0.05) is 13.5 Å². The van der Waals surface area contributed by atoms with Crippen LogP contribution in [0.2, 0.25) is 0 Å². The van der Waals surface area contributed by atoms with Gasteiger partial charge in [0.05, 0.1) is 0 Å². The minimum absolute atomic E-state index is 0.0350. The Morgan fingerprint density at radius 2 is 2.40 bits per heavy atom. The van der Waals surface area contributed by atoms with Gasteiger partial charge in [0.15, 0.2) is 0 Å². The summed E-state index contributed by atoms with van der Waals surface area (Å²) in [5.41, 5.74) is 0. The van der Waals surface area contributed by atoms with Gasteiger partial charge in [-0.25, -0.2) is 0 Å². The number of hydrogen-bond donors (Lipinski definition) is 1. The van der Waals surface area contributed by atoms with Gasteiger partial charge in [0, 0.05) is 11.9 Å². The van der Waals surface area contributed by atoms with Crippen LogP contribution in [0.3, 0.4) is 0 Å². The molecule has 0 heterocycles. The zero-order valence-electron chi connectivity index (χ0n) is 5.77. The third-order valence-corrected chi connectivity index (χ3v) is 1.44. The first-order valence-electron chi connectivity index (χ1n) is 3.02. The molecule has 0 rings (SSSR count). The maximum absolute atomic E-state index is 10.6. The number of rotatable bonds is 4. The highest BCUT2D eigenvalue weighted by Gasteiger charge is 2.04. The second kappa shape index (κ2) is 5.30. The standard InChI is InChI=1S/C7H11ClNO/c1-3-6(5-8)9-7(10)4-2/h4,6H,1-3,5H2,(H,9,10). The second-order valence-electron chi connectivity index (χ2n) is 1.85. The van der Waals surface area contributed by atoms with Crippen molar-refractivity contribution in [3.63, 3.8) is 0 Å². The van der Waals surface area contributed by atoms with Crippen molar-refractivity contribution < 1.29 is 4.79 Å². The van der Waals surface area contributed by atoms with Gasteiger partial charge in [-0.05, 0) is 12.5 Å². The summed E-state index contributed by atoms with van der Waals surface area (Å²) in [5.74, 6) is 0.192. The van der Waals surface area contributed by atoms with E-state index >= 15 is 0 Å². The molecular weight excluding hydrogens is 150 g/mol. The second-order valence-corrected chi connectivity index (χ2v) is 2.16. The van der Waals surface area contributed by atoms with Crippen molar-refractivity contribution in [2.45, 2.75) is 12.5 Å². The fraction of sp³-hybridized carbons (Fsp3) is 0.429. The van der Waals surface area contributed by atoms with Gasteiger partial charge in [0.2, 0.25) is 5.91 Å². The van der Waals surface area contributed by atoms with E-state index in [0.717, 1.165) is 0 Å². The Balaban J connectivity index is 3.62. The predicted molar refractivity (Wildman–Crippen MR) is 42.8 cm³/mol. The molecule has 0 saturated heterocycles. The van der Waals surface area contributed by atoms with Crippen LogP contribution >= 0.6 is 11.6 Å². The van der Waals surface area contributed by atoms with Gasteiger partial charge in [0.1, 0.15) is 0 Å². The molecule has 1 N–H and O–H groups in total. The Labute approximate surface area is 66.3 Å². The van der Waals surface area contributed by atoms with Gasteiger partial charge < -0.3 is 5.32 Å². The summed E-state index contributed by atoms with van der Waals surface area (Å²) < 4.78 is 0. The minimum Gasteiger partial charge on any atom is -0.349 e. The van der Waals surface area contributed by atoms with Gasteiger partial charge in [-0.2, -0.15) is 0 Å². The van der Waals surface area contributed by atoms with E-state index in [1.165, 1.54) is 6.08 Å². The Bertz CT molecular complexity index is 121. The molecule has 1 radical (unpaired) electrons. The van der Waals surface area contributed by atoms with E-state index in [9.17, 15) is 4.79 Å². The molecular formula is C7H11ClNO. The first kappa shape index (κ1) is 9.50. The Morgan fingerprint density at radius 1 is 1.80 bits per heavy atom. The summed E-state index contributed by atoms with van der Waals surface area (Å²) in [6.07, 6.45) is 1.82. The summed E-state index contributed by atoms with van der Waals surface area (Å²) in [7, 11) is 0. The van der Waals surface area contributed by atoms with Crippen molar-refractivity contribution in [2.24, 2.45) is 0 Å². The number of amides is 1. The lowest BCUT2D eigenvalue weighted by atomic mass is 10.2. The van der Waals surface area contributed by atoms with Crippen LogP contribution < -0.4 is 5.32 Å². The topological polar surface area (TPSA) is 29.1 Å². The van der Waals surface area contributed by atoms with Crippen molar-refractivity contribution in [1.29, 1.82) is 0 Å². The molecule has 0 aliphatic heterocycles. The number of hydrogen-bond acceptors (Lipinski definition) is 1. The normalized spacial score (nSPS) is 12.2. The molecule has 10 heavy (non-hydrogen) atoms. The van der Waals surface area contributed by atoms with Crippen LogP contribution in [0.15, 0.2) is 12.7 Å². The first-order chi connectivity index (χ1) is 4.74. The predicted octanol–water partition coefficient (Wildman–Crippen LogP) is 1.12. The number of carbonyl (C=O) groups excluding carboxylic acids is 1. The van der Waals surface area contributed by atoms with E-state index in [0.29, 0.717) is 12.3 Å². The summed E-state index contributed by atoms with van der Waals surface area (Å²) in [4.78, 5) is 10.6. The molecule has 0 fully saturated rings. The van der Waals surface area contributed by atoms with E-state index < -0.39 is 0 Å². The van der Waals surface area contributed by atoms with Gasteiger partial charge >= 0.3 is 0 Å².